The Balaban J connectivity index is 1.51. The second-order valence-electron chi connectivity index (χ2n) is 6.21. The summed E-state index contributed by atoms with van der Waals surface area (Å²) in [6.45, 7) is 0. The van der Waals surface area contributed by atoms with Crippen molar-refractivity contribution in [3.8, 4) is 21.8 Å². The summed E-state index contributed by atoms with van der Waals surface area (Å²) >= 11 is 1.57. The second-order valence-corrected chi connectivity index (χ2v) is 7.07. The molecule has 0 aliphatic heterocycles. The van der Waals surface area contributed by atoms with Gasteiger partial charge < -0.3 is 5.32 Å². The van der Waals surface area contributed by atoms with Gasteiger partial charge in [0.2, 0.25) is 0 Å². The fraction of sp³-hybridized carbons (Fsp3) is 0. The zero-order chi connectivity index (χ0) is 20.2. The molecule has 0 saturated carbocycles. The van der Waals surface area contributed by atoms with Crippen LogP contribution in [0.5, 0.6) is 0 Å². The number of rotatable bonds is 5. The van der Waals surface area contributed by atoms with Crippen LogP contribution in [0.15, 0.2) is 84.2 Å². The van der Waals surface area contributed by atoms with Crippen LogP contribution in [0.3, 0.4) is 0 Å². The molecule has 0 aliphatic carbocycles. The van der Waals surface area contributed by atoms with Crippen LogP contribution < -0.4 is 5.32 Å². The Kier molecular flexibility index (Phi) is 5.13. The van der Waals surface area contributed by atoms with Gasteiger partial charge in [0.15, 0.2) is 0 Å². The van der Waals surface area contributed by atoms with E-state index in [2.05, 4.69) is 10.3 Å². The van der Waals surface area contributed by atoms with Crippen molar-refractivity contribution in [3.63, 3.8) is 0 Å². The molecule has 0 aliphatic rings. The average Bonchev–Trinajstić information content (AvgIpc) is 3.25. The van der Waals surface area contributed by atoms with Gasteiger partial charge in [-0.2, -0.15) is 0 Å². The van der Waals surface area contributed by atoms with Crippen LogP contribution in [0, 0.1) is 10.1 Å². The summed E-state index contributed by atoms with van der Waals surface area (Å²) in [6.07, 6.45) is 0. The highest BCUT2D eigenvalue weighted by molar-refractivity contribution is 7.13. The predicted octanol–water partition coefficient (Wildman–Crippen LogP) is 5.64. The van der Waals surface area contributed by atoms with Crippen LogP contribution in [-0.4, -0.2) is 15.8 Å². The van der Waals surface area contributed by atoms with Gasteiger partial charge in [-0.3, -0.25) is 14.9 Å². The lowest BCUT2D eigenvalue weighted by atomic mass is 10.1. The predicted molar refractivity (Wildman–Crippen MR) is 114 cm³/mol. The van der Waals surface area contributed by atoms with Crippen molar-refractivity contribution in [2.24, 2.45) is 0 Å². The number of nitro groups is 1. The molecule has 0 spiro atoms. The van der Waals surface area contributed by atoms with E-state index < -0.39 is 10.8 Å². The monoisotopic (exact) mass is 401 g/mol. The van der Waals surface area contributed by atoms with Gasteiger partial charge in [0, 0.05) is 28.3 Å². The van der Waals surface area contributed by atoms with Crippen molar-refractivity contribution in [2.75, 3.05) is 5.32 Å². The van der Waals surface area contributed by atoms with Crippen molar-refractivity contribution < 1.29 is 9.72 Å². The van der Waals surface area contributed by atoms with Gasteiger partial charge in [0.1, 0.15) is 10.6 Å². The standard InChI is InChI=1S/C22H15N3O3S/c26-21(18-8-4-5-9-20(18)25(27)28)23-17-12-10-15(11-13-17)19-14-29-22(24-19)16-6-2-1-3-7-16/h1-14H,(H,23,26). The van der Waals surface area contributed by atoms with Crippen LogP contribution in [0.2, 0.25) is 0 Å². The number of hydrogen-bond donors (Lipinski definition) is 1. The molecule has 3 aromatic carbocycles. The van der Waals surface area contributed by atoms with Crippen LogP contribution in [0.25, 0.3) is 21.8 Å². The van der Waals surface area contributed by atoms with Gasteiger partial charge in [-0.15, -0.1) is 11.3 Å². The highest BCUT2D eigenvalue weighted by Crippen LogP contribution is 2.29. The Labute approximate surface area is 170 Å². The number of thiazole rings is 1. The first-order valence-corrected chi connectivity index (χ1v) is 9.66. The normalized spacial score (nSPS) is 10.5. The Bertz CT molecular complexity index is 1170. The molecule has 1 aromatic heterocycles. The third-order valence-corrected chi connectivity index (χ3v) is 5.20. The van der Waals surface area contributed by atoms with Crippen molar-refractivity contribution >= 4 is 28.6 Å². The van der Waals surface area contributed by atoms with Crippen LogP contribution in [0.1, 0.15) is 10.4 Å². The average molecular weight is 401 g/mol. The number of hydrogen-bond acceptors (Lipinski definition) is 5. The van der Waals surface area contributed by atoms with Crippen LogP contribution in [-0.2, 0) is 0 Å². The quantitative estimate of drug-likeness (QED) is 0.346. The van der Waals surface area contributed by atoms with Crippen LogP contribution in [0.4, 0.5) is 11.4 Å². The van der Waals surface area contributed by atoms with Gasteiger partial charge in [0.25, 0.3) is 11.6 Å². The summed E-state index contributed by atoms with van der Waals surface area (Å²) in [5.74, 6) is -0.523. The molecular formula is C22H15N3O3S. The summed E-state index contributed by atoms with van der Waals surface area (Å²) in [6, 6.07) is 23.1. The van der Waals surface area contributed by atoms with Gasteiger partial charge >= 0.3 is 0 Å². The lowest BCUT2D eigenvalue weighted by molar-refractivity contribution is -0.385. The Morgan fingerprint density at radius 1 is 0.897 bits per heavy atom. The van der Waals surface area contributed by atoms with Gasteiger partial charge in [0.05, 0.1) is 10.6 Å². The van der Waals surface area contributed by atoms with E-state index in [0.29, 0.717) is 5.69 Å². The number of benzene rings is 3. The molecule has 1 amide bonds. The molecule has 0 unspecified atom stereocenters. The highest BCUT2D eigenvalue weighted by Gasteiger charge is 2.19. The summed E-state index contributed by atoms with van der Waals surface area (Å²) in [5, 5.41) is 16.7. The second kappa shape index (κ2) is 8.04. The lowest BCUT2D eigenvalue weighted by Crippen LogP contribution is -2.13. The van der Waals surface area contributed by atoms with E-state index in [1.165, 1.54) is 18.2 Å². The number of nitrogens with zero attached hydrogens (tertiary/aromatic N) is 2. The number of nitrogens with one attached hydrogen (secondary N) is 1. The largest absolute Gasteiger partial charge is 0.322 e. The first-order chi connectivity index (χ1) is 14.1. The summed E-state index contributed by atoms with van der Waals surface area (Å²) in [7, 11) is 0. The van der Waals surface area contributed by atoms with E-state index >= 15 is 0 Å². The molecule has 0 fully saturated rings. The third kappa shape index (κ3) is 4.04. The molecule has 29 heavy (non-hydrogen) atoms. The topological polar surface area (TPSA) is 85.1 Å². The molecule has 0 atom stereocenters. The number of anilines is 1. The fourth-order valence-electron chi connectivity index (χ4n) is 2.87. The number of carbonyl (C=O) groups is 1. The molecule has 0 saturated heterocycles. The maximum Gasteiger partial charge on any atom is 0.282 e. The van der Waals surface area contributed by atoms with Gasteiger partial charge in [-0.25, -0.2) is 4.98 Å². The Morgan fingerprint density at radius 3 is 2.31 bits per heavy atom. The van der Waals surface area contributed by atoms with E-state index in [0.717, 1.165) is 21.8 Å². The maximum atomic E-state index is 12.4. The van der Waals surface area contributed by atoms with Gasteiger partial charge in [-0.05, 0) is 18.2 Å². The maximum absolute atomic E-state index is 12.4. The van der Waals surface area contributed by atoms with Crippen molar-refractivity contribution in [1.29, 1.82) is 0 Å². The summed E-state index contributed by atoms with van der Waals surface area (Å²) < 4.78 is 0. The third-order valence-electron chi connectivity index (χ3n) is 4.31. The van der Waals surface area contributed by atoms with E-state index in [1.807, 2.05) is 47.8 Å². The minimum atomic E-state index is -0.565. The highest BCUT2D eigenvalue weighted by atomic mass is 32.1. The molecule has 6 nitrogen and oxygen atoms in total. The number of para-hydroxylation sites is 1. The molecule has 1 N–H and O–H groups in total. The molecule has 142 valence electrons. The SMILES string of the molecule is O=C(Nc1ccc(-c2csc(-c3ccccc3)n2)cc1)c1ccccc1[N+](=O)[O-]. The molecular weight excluding hydrogens is 386 g/mol. The zero-order valence-electron chi connectivity index (χ0n) is 15.1. The molecule has 4 rings (SSSR count). The number of nitro benzene ring substituents is 1. The van der Waals surface area contributed by atoms with Crippen molar-refractivity contribution in [3.05, 3.63) is 99.9 Å². The number of carbonyl (C=O) groups excluding carboxylic acids is 1. The molecule has 7 heteroatoms. The first kappa shape index (κ1) is 18.5. The van der Waals surface area contributed by atoms with E-state index in [-0.39, 0.29) is 11.3 Å². The summed E-state index contributed by atoms with van der Waals surface area (Å²) in [5.41, 5.74) is 3.19. The Morgan fingerprint density at radius 2 is 1.59 bits per heavy atom. The smallest absolute Gasteiger partial charge is 0.282 e. The molecule has 1 heterocycles. The number of aromatic nitrogens is 1. The first-order valence-electron chi connectivity index (χ1n) is 8.78. The number of amides is 1. The van der Waals surface area contributed by atoms with Crippen LogP contribution >= 0.6 is 11.3 Å². The Hall–Kier alpha value is -3.84. The fourth-order valence-corrected chi connectivity index (χ4v) is 3.70. The van der Waals surface area contributed by atoms with Gasteiger partial charge in [-0.1, -0.05) is 54.6 Å². The van der Waals surface area contributed by atoms with E-state index in [9.17, 15) is 14.9 Å². The molecule has 4 aromatic rings. The minimum absolute atomic E-state index is 0.0218. The van der Waals surface area contributed by atoms with E-state index in [4.69, 9.17) is 0 Å². The minimum Gasteiger partial charge on any atom is -0.322 e. The van der Waals surface area contributed by atoms with Crippen molar-refractivity contribution in [2.45, 2.75) is 0 Å². The molecule has 0 radical (unpaired) electrons. The zero-order valence-corrected chi connectivity index (χ0v) is 15.9. The molecule has 0 bridgehead atoms. The van der Waals surface area contributed by atoms with E-state index in [1.54, 1.807) is 29.5 Å². The lowest BCUT2D eigenvalue weighted by Gasteiger charge is -2.06. The van der Waals surface area contributed by atoms with Crippen molar-refractivity contribution in [1.82, 2.24) is 4.98 Å². The summed E-state index contributed by atoms with van der Waals surface area (Å²) in [4.78, 5) is 27.6.